The highest BCUT2D eigenvalue weighted by Gasteiger charge is 2.38. The highest BCUT2D eigenvalue weighted by molar-refractivity contribution is 9.10. The van der Waals surface area contributed by atoms with Gasteiger partial charge in [0, 0.05) is 29.1 Å². The van der Waals surface area contributed by atoms with Gasteiger partial charge in [0.05, 0.1) is 26.6 Å². The Labute approximate surface area is 209 Å². The van der Waals surface area contributed by atoms with Crippen molar-refractivity contribution in [1.82, 2.24) is 15.0 Å². The standard InChI is InChI=1S/C22H23BrN4O3S3/c1-22(6-7-24-20(22)28)12-25-33(29,30)15-4-5-19-17(9-15)26-21(32-19)27-18-11-31-10-13-2-3-14(23)8-16(13)18/h2-5,8-9,18,25H,6-7,10-12H2,1H3,(H,24,28)(H,26,27). The van der Waals surface area contributed by atoms with E-state index in [1.807, 2.05) is 11.8 Å². The number of nitrogens with one attached hydrogen (secondary N) is 3. The first-order valence-corrected chi connectivity index (χ1v) is 14.8. The molecule has 2 aromatic carbocycles. The van der Waals surface area contributed by atoms with E-state index < -0.39 is 15.4 Å². The van der Waals surface area contributed by atoms with Crippen molar-refractivity contribution in [1.29, 1.82) is 0 Å². The minimum atomic E-state index is -3.76. The first-order chi connectivity index (χ1) is 15.7. The third-order valence-electron chi connectivity index (χ3n) is 6.16. The minimum Gasteiger partial charge on any atom is -0.356 e. The van der Waals surface area contributed by atoms with Crippen LogP contribution in [0.15, 0.2) is 45.8 Å². The Hall–Kier alpha value is -1.66. The van der Waals surface area contributed by atoms with Gasteiger partial charge >= 0.3 is 0 Å². The smallest absolute Gasteiger partial charge is 0.240 e. The summed E-state index contributed by atoms with van der Waals surface area (Å²) in [6, 6.07) is 11.5. The third-order valence-corrected chi connectivity index (χ3v) is 10.1. The molecule has 1 fully saturated rings. The monoisotopic (exact) mass is 566 g/mol. The number of carbonyl (C=O) groups is 1. The molecule has 2 aliphatic heterocycles. The van der Waals surface area contributed by atoms with Gasteiger partial charge in [-0.2, -0.15) is 11.8 Å². The Morgan fingerprint density at radius 1 is 1.27 bits per heavy atom. The average molecular weight is 568 g/mol. The van der Waals surface area contributed by atoms with Crippen molar-refractivity contribution in [2.75, 3.05) is 24.2 Å². The Morgan fingerprint density at radius 3 is 2.91 bits per heavy atom. The zero-order chi connectivity index (χ0) is 23.2. The van der Waals surface area contributed by atoms with Crippen molar-refractivity contribution >= 4 is 70.3 Å². The molecule has 2 atom stereocenters. The molecule has 0 spiro atoms. The van der Waals surface area contributed by atoms with Crippen LogP contribution in [0.1, 0.15) is 30.5 Å². The number of rotatable bonds is 6. The average Bonchev–Trinajstić information content (AvgIpc) is 3.35. The lowest BCUT2D eigenvalue weighted by molar-refractivity contribution is -0.126. The number of amides is 1. The summed E-state index contributed by atoms with van der Waals surface area (Å²) in [6.07, 6.45) is 0.605. The second-order valence-corrected chi connectivity index (χ2v) is 13.3. The van der Waals surface area contributed by atoms with Gasteiger partial charge in [0.2, 0.25) is 15.9 Å². The number of hydrogen-bond donors (Lipinski definition) is 3. The molecule has 3 heterocycles. The zero-order valence-corrected chi connectivity index (χ0v) is 21.9. The second kappa shape index (κ2) is 8.84. The topological polar surface area (TPSA) is 100 Å². The number of halogens is 1. The largest absolute Gasteiger partial charge is 0.356 e. The summed E-state index contributed by atoms with van der Waals surface area (Å²) in [7, 11) is -3.76. The number of fused-ring (bicyclic) bond motifs is 2. The number of anilines is 1. The molecule has 174 valence electrons. The molecule has 5 rings (SSSR count). The van der Waals surface area contributed by atoms with Gasteiger partial charge in [-0.3, -0.25) is 4.79 Å². The summed E-state index contributed by atoms with van der Waals surface area (Å²) in [6.45, 7) is 2.41. The predicted molar refractivity (Wildman–Crippen MR) is 137 cm³/mol. The number of nitrogens with zero attached hydrogens (tertiary/aromatic N) is 1. The van der Waals surface area contributed by atoms with E-state index in [4.69, 9.17) is 0 Å². The minimum absolute atomic E-state index is 0.0669. The van der Waals surface area contributed by atoms with Crippen LogP contribution in [0.25, 0.3) is 10.2 Å². The highest BCUT2D eigenvalue weighted by atomic mass is 79.9. The second-order valence-electron chi connectivity index (χ2n) is 8.59. The first-order valence-electron chi connectivity index (χ1n) is 10.5. The highest BCUT2D eigenvalue weighted by Crippen LogP contribution is 2.37. The Kier molecular flexibility index (Phi) is 6.19. The van der Waals surface area contributed by atoms with Crippen molar-refractivity contribution in [2.45, 2.75) is 30.0 Å². The lowest BCUT2D eigenvalue weighted by Crippen LogP contribution is -2.40. The van der Waals surface area contributed by atoms with Crippen LogP contribution in [0.5, 0.6) is 0 Å². The van der Waals surface area contributed by atoms with Crippen molar-refractivity contribution in [3.05, 3.63) is 52.0 Å². The third kappa shape index (κ3) is 4.66. The molecule has 0 bridgehead atoms. The summed E-state index contributed by atoms with van der Waals surface area (Å²) in [5, 5.41) is 7.07. The van der Waals surface area contributed by atoms with Crippen molar-refractivity contribution in [3.63, 3.8) is 0 Å². The summed E-state index contributed by atoms with van der Waals surface area (Å²) >= 11 is 6.96. The van der Waals surface area contributed by atoms with E-state index in [-0.39, 0.29) is 23.4 Å². The maximum absolute atomic E-state index is 12.9. The van der Waals surface area contributed by atoms with Gasteiger partial charge in [0.15, 0.2) is 5.13 Å². The fourth-order valence-electron chi connectivity index (χ4n) is 4.09. The molecule has 11 heteroatoms. The van der Waals surface area contributed by atoms with Gasteiger partial charge < -0.3 is 10.6 Å². The summed E-state index contributed by atoms with van der Waals surface area (Å²) in [5.74, 6) is 1.82. The fourth-order valence-corrected chi connectivity index (χ4v) is 7.65. The van der Waals surface area contributed by atoms with E-state index in [0.29, 0.717) is 18.5 Å². The molecule has 1 saturated heterocycles. The Balaban J connectivity index is 1.35. The molecular formula is C22H23BrN4O3S3. The lowest BCUT2D eigenvalue weighted by Gasteiger charge is -2.26. The normalized spacial score (nSPS) is 22.8. The van der Waals surface area contributed by atoms with Crippen LogP contribution >= 0.6 is 39.0 Å². The van der Waals surface area contributed by atoms with E-state index in [0.717, 1.165) is 25.8 Å². The molecule has 3 N–H and O–H groups in total. The number of hydrogen-bond acceptors (Lipinski definition) is 7. The fraction of sp³-hybridized carbons (Fsp3) is 0.364. The van der Waals surface area contributed by atoms with Gasteiger partial charge in [-0.25, -0.2) is 18.1 Å². The van der Waals surface area contributed by atoms with Crippen molar-refractivity contribution < 1.29 is 13.2 Å². The molecule has 1 amide bonds. The number of thiazole rings is 1. The molecule has 2 aliphatic rings. The van der Waals surface area contributed by atoms with E-state index in [1.165, 1.54) is 22.5 Å². The van der Waals surface area contributed by atoms with Gasteiger partial charge in [-0.15, -0.1) is 0 Å². The van der Waals surface area contributed by atoms with Gasteiger partial charge in [0.25, 0.3) is 0 Å². The van der Waals surface area contributed by atoms with Crippen LogP contribution in [0, 0.1) is 5.41 Å². The molecule has 7 nitrogen and oxygen atoms in total. The van der Waals surface area contributed by atoms with E-state index in [2.05, 4.69) is 54.5 Å². The summed E-state index contributed by atoms with van der Waals surface area (Å²) in [4.78, 5) is 16.8. The Bertz CT molecular complexity index is 1340. The molecule has 0 radical (unpaired) electrons. The summed E-state index contributed by atoms with van der Waals surface area (Å²) < 4.78 is 30.3. The number of benzene rings is 2. The molecule has 0 saturated carbocycles. The van der Waals surface area contributed by atoms with Crippen molar-refractivity contribution in [2.24, 2.45) is 5.41 Å². The number of aromatic nitrogens is 1. The number of carbonyl (C=O) groups excluding carboxylic acids is 1. The molecular weight excluding hydrogens is 544 g/mol. The predicted octanol–water partition coefficient (Wildman–Crippen LogP) is 4.26. The van der Waals surface area contributed by atoms with Crippen LogP contribution in [0.4, 0.5) is 5.13 Å². The van der Waals surface area contributed by atoms with Crippen LogP contribution in [0.2, 0.25) is 0 Å². The SMILES string of the molecule is CC1(CNS(=O)(=O)c2ccc3sc(NC4CSCc5ccc(Br)cc54)nc3c2)CCNC1=O. The molecule has 33 heavy (non-hydrogen) atoms. The number of sulfonamides is 1. The van der Waals surface area contributed by atoms with Gasteiger partial charge in [0.1, 0.15) is 0 Å². The maximum atomic E-state index is 12.9. The van der Waals surface area contributed by atoms with Crippen LogP contribution < -0.4 is 15.4 Å². The van der Waals surface area contributed by atoms with E-state index in [1.54, 1.807) is 25.1 Å². The van der Waals surface area contributed by atoms with Gasteiger partial charge in [-0.05, 0) is 54.8 Å². The molecule has 3 aromatic rings. The quantitative estimate of drug-likeness (QED) is 0.412. The van der Waals surface area contributed by atoms with E-state index in [9.17, 15) is 13.2 Å². The number of thioether (sulfide) groups is 1. The lowest BCUT2D eigenvalue weighted by atomic mass is 9.89. The van der Waals surface area contributed by atoms with Crippen LogP contribution in [-0.4, -0.2) is 38.2 Å². The Morgan fingerprint density at radius 2 is 2.12 bits per heavy atom. The molecule has 2 unspecified atom stereocenters. The van der Waals surface area contributed by atoms with Crippen LogP contribution in [0.3, 0.4) is 0 Å². The first kappa shape index (κ1) is 23.1. The van der Waals surface area contributed by atoms with Crippen LogP contribution in [-0.2, 0) is 20.6 Å². The summed E-state index contributed by atoms with van der Waals surface area (Å²) in [5.41, 5.74) is 2.49. The zero-order valence-electron chi connectivity index (χ0n) is 17.9. The molecule has 1 aromatic heterocycles. The van der Waals surface area contributed by atoms with Crippen molar-refractivity contribution in [3.8, 4) is 0 Å². The maximum Gasteiger partial charge on any atom is 0.240 e. The molecule has 0 aliphatic carbocycles. The van der Waals surface area contributed by atoms with Gasteiger partial charge in [-0.1, -0.05) is 33.3 Å². The van der Waals surface area contributed by atoms with E-state index >= 15 is 0 Å².